The van der Waals surface area contributed by atoms with E-state index in [4.69, 9.17) is 0 Å². The smallest absolute Gasteiger partial charge is 0.0118 e. The van der Waals surface area contributed by atoms with Crippen LogP contribution in [0.2, 0.25) is 0 Å². The number of hydrogen-bond acceptors (Lipinski definition) is 1. The first-order valence-electron chi connectivity index (χ1n) is 6.83. The average Bonchev–Trinajstić information content (AvgIpc) is 2.98. The largest absolute Gasteiger partial charge is 0.313 e. The van der Waals surface area contributed by atoms with Gasteiger partial charge in [0.15, 0.2) is 0 Å². The van der Waals surface area contributed by atoms with E-state index < -0.39 is 0 Å². The third-order valence-corrected chi connectivity index (χ3v) is 4.62. The van der Waals surface area contributed by atoms with Crippen LogP contribution < -0.4 is 5.32 Å². The summed E-state index contributed by atoms with van der Waals surface area (Å²) in [5.74, 6) is 1.95. The molecule has 2 aliphatic rings. The molecule has 2 unspecified atom stereocenters. The molecule has 2 aliphatic carbocycles. The summed E-state index contributed by atoms with van der Waals surface area (Å²) in [7, 11) is 0. The van der Waals surface area contributed by atoms with Crippen LogP contribution in [0.15, 0.2) is 0 Å². The Morgan fingerprint density at radius 1 is 1.20 bits per heavy atom. The van der Waals surface area contributed by atoms with Crippen LogP contribution >= 0.6 is 0 Å². The van der Waals surface area contributed by atoms with Crippen molar-refractivity contribution in [1.82, 2.24) is 5.32 Å². The third kappa shape index (κ3) is 2.96. The molecule has 1 heteroatoms. The van der Waals surface area contributed by atoms with Crippen molar-refractivity contribution in [3.05, 3.63) is 0 Å². The lowest BCUT2D eigenvalue weighted by Crippen LogP contribution is -2.45. The van der Waals surface area contributed by atoms with Gasteiger partial charge in [-0.05, 0) is 49.5 Å². The summed E-state index contributed by atoms with van der Waals surface area (Å²) in [5.41, 5.74) is 0.529. The van der Waals surface area contributed by atoms with E-state index in [-0.39, 0.29) is 0 Å². The lowest BCUT2D eigenvalue weighted by molar-refractivity contribution is 0.162. The highest BCUT2D eigenvalue weighted by Crippen LogP contribution is 2.38. The summed E-state index contributed by atoms with van der Waals surface area (Å²) in [6, 6.07) is 0.771. The highest BCUT2D eigenvalue weighted by Gasteiger charge is 2.33. The van der Waals surface area contributed by atoms with Crippen molar-refractivity contribution in [3.63, 3.8) is 0 Å². The van der Waals surface area contributed by atoms with Crippen LogP contribution in [0.1, 0.15) is 59.3 Å². The fraction of sp³-hybridized carbons (Fsp3) is 1.00. The fourth-order valence-electron chi connectivity index (χ4n) is 3.03. The zero-order valence-corrected chi connectivity index (χ0v) is 10.7. The lowest BCUT2D eigenvalue weighted by Gasteiger charge is -2.39. The van der Waals surface area contributed by atoms with Crippen LogP contribution in [-0.2, 0) is 0 Å². The van der Waals surface area contributed by atoms with Gasteiger partial charge < -0.3 is 5.32 Å². The second kappa shape index (κ2) is 4.45. The van der Waals surface area contributed by atoms with E-state index in [0.29, 0.717) is 5.41 Å². The van der Waals surface area contributed by atoms with Gasteiger partial charge in [0.05, 0.1) is 0 Å². The predicted octanol–water partition coefficient (Wildman–Crippen LogP) is 3.59. The van der Waals surface area contributed by atoms with Crippen LogP contribution in [0.5, 0.6) is 0 Å². The topological polar surface area (TPSA) is 12.0 Å². The van der Waals surface area contributed by atoms with Gasteiger partial charge in [-0.1, -0.05) is 33.6 Å². The highest BCUT2D eigenvalue weighted by atomic mass is 14.9. The van der Waals surface area contributed by atoms with Crippen molar-refractivity contribution in [3.8, 4) is 0 Å². The molecule has 2 rings (SSSR count). The number of nitrogens with one attached hydrogen (secondary N) is 1. The molecule has 1 N–H and O–H groups in total. The molecule has 2 saturated carbocycles. The molecule has 0 aromatic carbocycles. The normalized spacial score (nSPS) is 32.6. The summed E-state index contributed by atoms with van der Waals surface area (Å²) < 4.78 is 0. The van der Waals surface area contributed by atoms with Crippen molar-refractivity contribution >= 4 is 0 Å². The molecule has 0 aromatic rings. The monoisotopic (exact) mass is 209 g/mol. The molecule has 2 fully saturated rings. The second-order valence-electron chi connectivity index (χ2n) is 6.51. The van der Waals surface area contributed by atoms with E-state index in [2.05, 4.69) is 26.1 Å². The van der Waals surface area contributed by atoms with Crippen molar-refractivity contribution in [2.75, 3.05) is 6.54 Å². The molecule has 0 spiro atoms. The zero-order chi connectivity index (χ0) is 10.9. The minimum absolute atomic E-state index is 0.529. The maximum atomic E-state index is 3.83. The van der Waals surface area contributed by atoms with Gasteiger partial charge in [-0.3, -0.25) is 0 Å². The fourth-order valence-corrected chi connectivity index (χ4v) is 3.03. The van der Waals surface area contributed by atoms with E-state index in [9.17, 15) is 0 Å². The van der Waals surface area contributed by atoms with Gasteiger partial charge in [0.25, 0.3) is 0 Å². The minimum Gasteiger partial charge on any atom is -0.313 e. The molecule has 0 saturated heterocycles. The van der Waals surface area contributed by atoms with Gasteiger partial charge >= 0.3 is 0 Å². The van der Waals surface area contributed by atoms with Gasteiger partial charge in [0.2, 0.25) is 0 Å². The van der Waals surface area contributed by atoms with E-state index in [1.807, 2.05) is 0 Å². The number of hydrogen-bond donors (Lipinski definition) is 1. The summed E-state index contributed by atoms with van der Waals surface area (Å²) in [5, 5.41) is 3.83. The average molecular weight is 209 g/mol. The minimum atomic E-state index is 0.529. The maximum absolute atomic E-state index is 3.83. The van der Waals surface area contributed by atoms with Crippen molar-refractivity contribution in [2.45, 2.75) is 65.3 Å². The maximum Gasteiger partial charge on any atom is 0.0118 e. The summed E-state index contributed by atoms with van der Waals surface area (Å²) in [6.07, 6.45) is 8.63. The first kappa shape index (κ1) is 11.4. The van der Waals surface area contributed by atoms with Crippen LogP contribution in [0.4, 0.5) is 0 Å². The van der Waals surface area contributed by atoms with Crippen LogP contribution in [-0.4, -0.2) is 12.6 Å². The van der Waals surface area contributed by atoms with Crippen molar-refractivity contribution < 1.29 is 0 Å². The third-order valence-electron chi connectivity index (χ3n) is 4.62. The zero-order valence-electron chi connectivity index (χ0n) is 10.7. The van der Waals surface area contributed by atoms with E-state index in [1.165, 1.54) is 45.1 Å². The van der Waals surface area contributed by atoms with Gasteiger partial charge in [-0.15, -0.1) is 0 Å². The molecule has 1 nitrogen and oxygen atoms in total. The lowest BCUT2D eigenvalue weighted by atomic mass is 9.73. The first-order valence-corrected chi connectivity index (χ1v) is 6.83. The van der Waals surface area contributed by atoms with E-state index in [0.717, 1.165) is 17.9 Å². The molecule has 0 aliphatic heterocycles. The summed E-state index contributed by atoms with van der Waals surface area (Å²) in [6.45, 7) is 8.54. The van der Waals surface area contributed by atoms with Crippen LogP contribution in [0, 0.1) is 17.3 Å². The Hall–Kier alpha value is -0.0400. The Bertz CT molecular complexity index is 205. The van der Waals surface area contributed by atoms with E-state index >= 15 is 0 Å². The Morgan fingerprint density at radius 2 is 1.93 bits per heavy atom. The molecule has 2 atom stereocenters. The summed E-state index contributed by atoms with van der Waals surface area (Å²) >= 11 is 0. The molecule has 0 heterocycles. The Morgan fingerprint density at radius 3 is 2.53 bits per heavy atom. The second-order valence-corrected chi connectivity index (χ2v) is 6.51. The van der Waals surface area contributed by atoms with Crippen molar-refractivity contribution in [1.29, 1.82) is 0 Å². The molecule has 0 radical (unpaired) electrons. The Balaban J connectivity index is 1.76. The molecular weight excluding hydrogens is 182 g/mol. The van der Waals surface area contributed by atoms with Crippen molar-refractivity contribution in [2.24, 2.45) is 17.3 Å². The number of rotatable bonds is 4. The summed E-state index contributed by atoms with van der Waals surface area (Å²) in [4.78, 5) is 0. The quantitative estimate of drug-likeness (QED) is 0.746. The molecule has 0 amide bonds. The highest BCUT2D eigenvalue weighted by molar-refractivity contribution is 4.89. The van der Waals surface area contributed by atoms with Gasteiger partial charge in [0.1, 0.15) is 0 Å². The predicted molar refractivity (Wildman–Crippen MR) is 65.9 cm³/mol. The van der Waals surface area contributed by atoms with E-state index in [1.54, 1.807) is 0 Å². The molecule has 88 valence electrons. The Kier molecular flexibility index (Phi) is 3.39. The van der Waals surface area contributed by atoms with Gasteiger partial charge in [-0.25, -0.2) is 0 Å². The first-order chi connectivity index (χ1) is 7.09. The molecule has 0 bridgehead atoms. The van der Waals surface area contributed by atoms with Crippen LogP contribution in [0.25, 0.3) is 0 Å². The van der Waals surface area contributed by atoms with Gasteiger partial charge in [-0.2, -0.15) is 0 Å². The standard InChI is InChI=1S/C14H27N/c1-11(12-7-8-12)10-15-13-6-4-5-9-14(13,2)3/h11-13,15H,4-10H2,1-3H3. The van der Waals surface area contributed by atoms with Crippen LogP contribution in [0.3, 0.4) is 0 Å². The molecule has 0 aromatic heterocycles. The Labute approximate surface area is 95.0 Å². The SMILES string of the molecule is CC(CNC1CCCCC1(C)C)C1CC1. The molecule has 15 heavy (non-hydrogen) atoms. The molecular formula is C14H27N. The van der Waals surface area contributed by atoms with Gasteiger partial charge in [0, 0.05) is 6.04 Å².